The fourth-order valence-electron chi connectivity index (χ4n) is 16.9. The summed E-state index contributed by atoms with van der Waals surface area (Å²) in [5.41, 5.74) is 29.5. The van der Waals surface area contributed by atoms with Gasteiger partial charge in [0.05, 0.1) is 9.79 Å². The molecule has 0 saturated carbocycles. The van der Waals surface area contributed by atoms with Crippen LogP contribution in [0.2, 0.25) is 0 Å². The zero-order chi connectivity index (χ0) is 81.6. The Bertz CT molecular complexity index is 6360. The molecular weight excluding hydrogens is 1510 g/mol. The number of rotatable bonds is 15. The molecule has 0 radical (unpaired) electrons. The summed E-state index contributed by atoms with van der Waals surface area (Å²) < 4.78 is 12.8. The number of ether oxygens (including phenoxy) is 2. The summed E-state index contributed by atoms with van der Waals surface area (Å²) in [6.07, 6.45) is 0. The minimum atomic E-state index is -0.143. The summed E-state index contributed by atoms with van der Waals surface area (Å²) in [6, 6.07) is 161. The van der Waals surface area contributed by atoms with E-state index in [0.717, 1.165) is 95.1 Å². The number of benzene rings is 18. The standard InChI is InChI=1S/C39H31NO.C39H31NS.C36H25NOS/c2*1-39(2)35-17-9-10-19-37(35)41-38-34(16-11-18-36(38)39)30-22-26-33(27-23-30)40(31-14-7-4-8-15-31)32-24-20-29(21-25-32)28-12-5-3-6-13-28;1-3-10-26(11-4-1)27-18-22-30(23-19-27)37(29-12-5-2-6-13-29)31-24-20-28(21-25-31)32-14-9-16-34-36(32)39-35-17-8-7-15-33(35)38-34/h2*3-27H,1-2H3;1-25H. The molecule has 18 aromatic carbocycles. The van der Waals surface area contributed by atoms with Crippen LogP contribution in [0.15, 0.2) is 475 Å². The van der Waals surface area contributed by atoms with Crippen LogP contribution in [0, 0.1) is 0 Å². The van der Waals surface area contributed by atoms with Crippen molar-refractivity contribution in [3.05, 3.63) is 477 Å². The normalized spacial score (nSPS) is 12.7. The Kier molecular flexibility index (Phi) is 21.5. The van der Waals surface area contributed by atoms with Gasteiger partial charge < -0.3 is 24.2 Å². The molecule has 7 heteroatoms. The molecule has 0 N–H and O–H groups in total. The molecule has 3 heterocycles. The van der Waals surface area contributed by atoms with Crippen LogP contribution in [-0.4, -0.2) is 0 Å². The first-order valence-corrected chi connectivity index (χ1v) is 42.9. The molecular formula is C114H87N3O2S2. The molecule has 0 unspecified atom stereocenters. The molecule has 3 aliphatic rings. The van der Waals surface area contributed by atoms with Crippen molar-refractivity contribution < 1.29 is 9.47 Å². The lowest BCUT2D eigenvalue weighted by atomic mass is 9.75. The molecule has 0 bridgehead atoms. The number of hydrogen-bond donors (Lipinski definition) is 0. The zero-order valence-electron chi connectivity index (χ0n) is 67.8. The minimum Gasteiger partial charge on any atom is -0.456 e. The lowest BCUT2D eigenvalue weighted by molar-refractivity contribution is 0.419. The van der Waals surface area contributed by atoms with Gasteiger partial charge in [0.25, 0.3) is 0 Å². The first-order chi connectivity index (χ1) is 59.5. The second kappa shape index (κ2) is 33.9. The van der Waals surface area contributed by atoms with E-state index >= 15 is 0 Å². The molecule has 5 nitrogen and oxygen atoms in total. The fourth-order valence-corrected chi connectivity index (χ4v) is 19.5. The molecule has 21 rings (SSSR count). The first kappa shape index (κ1) is 76.6. The van der Waals surface area contributed by atoms with Crippen LogP contribution in [0.5, 0.6) is 23.0 Å². The van der Waals surface area contributed by atoms with E-state index in [0.29, 0.717) is 0 Å². The summed E-state index contributed by atoms with van der Waals surface area (Å²) in [7, 11) is 0. The number of nitrogens with zero attached hydrogens (tertiary/aromatic N) is 3. The summed E-state index contributed by atoms with van der Waals surface area (Å²) in [5.74, 6) is 3.70. The lowest BCUT2D eigenvalue weighted by Crippen LogP contribution is -2.24. The van der Waals surface area contributed by atoms with Gasteiger partial charge in [0.1, 0.15) is 23.0 Å². The van der Waals surface area contributed by atoms with Crippen LogP contribution >= 0.6 is 23.5 Å². The lowest BCUT2D eigenvalue weighted by Gasteiger charge is -2.35. The van der Waals surface area contributed by atoms with Crippen LogP contribution in [0.1, 0.15) is 49.9 Å². The second-order valence-electron chi connectivity index (χ2n) is 31.5. The van der Waals surface area contributed by atoms with Crippen LogP contribution in [-0.2, 0) is 10.8 Å². The highest BCUT2D eigenvalue weighted by Crippen LogP contribution is 2.56. The van der Waals surface area contributed by atoms with Gasteiger partial charge in [-0.25, -0.2) is 0 Å². The Morgan fingerprint density at radius 2 is 0.455 bits per heavy atom. The van der Waals surface area contributed by atoms with Crippen LogP contribution in [0.25, 0.3) is 66.8 Å². The highest BCUT2D eigenvalue weighted by atomic mass is 32.2. The van der Waals surface area contributed by atoms with Gasteiger partial charge in [0, 0.05) is 88.5 Å². The Morgan fingerprint density at radius 3 is 0.884 bits per heavy atom. The van der Waals surface area contributed by atoms with Gasteiger partial charge in [-0.3, -0.25) is 0 Å². The van der Waals surface area contributed by atoms with Crippen molar-refractivity contribution in [1.82, 2.24) is 0 Å². The third-order valence-electron chi connectivity index (χ3n) is 23.2. The van der Waals surface area contributed by atoms with E-state index in [-0.39, 0.29) is 10.8 Å². The molecule has 0 saturated heterocycles. The molecule has 582 valence electrons. The smallest absolute Gasteiger partial charge is 0.142 e. The van der Waals surface area contributed by atoms with E-state index in [9.17, 15) is 0 Å². The Balaban J connectivity index is 0.000000120. The highest BCUT2D eigenvalue weighted by molar-refractivity contribution is 8.00. The molecule has 0 atom stereocenters. The van der Waals surface area contributed by atoms with Gasteiger partial charge in [0.2, 0.25) is 0 Å². The zero-order valence-corrected chi connectivity index (χ0v) is 69.4. The van der Waals surface area contributed by atoms with E-state index in [4.69, 9.17) is 9.47 Å². The van der Waals surface area contributed by atoms with Crippen molar-refractivity contribution in [1.29, 1.82) is 0 Å². The summed E-state index contributed by atoms with van der Waals surface area (Å²) in [6.45, 7) is 9.25. The van der Waals surface area contributed by atoms with Crippen molar-refractivity contribution in [2.24, 2.45) is 0 Å². The SMILES string of the molecule is CC1(C)c2ccccc2Oc2c(-c3ccc(N(c4ccccc4)c4ccc(-c5ccccc5)cc4)cc3)cccc21.CC1(C)c2ccccc2Sc2c(-c3ccc(N(c4ccccc4)c4ccc(-c5ccccc5)cc4)cc3)cccc21.c1ccc(-c2ccc(N(c3ccccc3)c3ccc(-c4cccc5c4Sc4ccccc4O5)cc3)cc2)cc1. The summed E-state index contributed by atoms with van der Waals surface area (Å²) in [4.78, 5) is 11.9. The van der Waals surface area contributed by atoms with Gasteiger partial charge in [-0.15, -0.1) is 0 Å². The number of para-hydroxylation sites is 6. The van der Waals surface area contributed by atoms with Crippen molar-refractivity contribution in [2.75, 3.05) is 14.7 Å². The maximum atomic E-state index is 6.55. The van der Waals surface area contributed by atoms with Gasteiger partial charge in [-0.05, 0) is 212 Å². The molecule has 0 fully saturated rings. The molecule has 3 aliphatic heterocycles. The third-order valence-corrected chi connectivity index (χ3v) is 25.6. The van der Waals surface area contributed by atoms with E-state index in [1.807, 2.05) is 36.0 Å². The van der Waals surface area contributed by atoms with Crippen LogP contribution in [0.3, 0.4) is 0 Å². The van der Waals surface area contributed by atoms with Gasteiger partial charge in [0.15, 0.2) is 0 Å². The summed E-state index contributed by atoms with van der Waals surface area (Å²) >= 11 is 3.67. The fraction of sp³-hybridized carbons (Fsp3) is 0.0526. The highest BCUT2D eigenvalue weighted by Gasteiger charge is 2.37. The molecule has 18 aromatic rings. The maximum absolute atomic E-state index is 6.55. The van der Waals surface area contributed by atoms with Gasteiger partial charge in [-0.2, -0.15) is 0 Å². The summed E-state index contributed by atoms with van der Waals surface area (Å²) in [5, 5.41) is 0. The Hall–Kier alpha value is -14.3. The van der Waals surface area contributed by atoms with E-state index in [2.05, 4.69) is 473 Å². The molecule has 0 amide bonds. The van der Waals surface area contributed by atoms with Crippen molar-refractivity contribution in [2.45, 2.75) is 58.1 Å². The van der Waals surface area contributed by atoms with Crippen molar-refractivity contribution in [3.63, 3.8) is 0 Å². The van der Waals surface area contributed by atoms with E-state index in [1.54, 1.807) is 11.8 Å². The van der Waals surface area contributed by atoms with Crippen molar-refractivity contribution >= 4 is 74.7 Å². The monoisotopic (exact) mass is 1590 g/mol. The predicted molar refractivity (Wildman–Crippen MR) is 508 cm³/mol. The van der Waals surface area contributed by atoms with Crippen LogP contribution in [0.4, 0.5) is 51.2 Å². The third kappa shape index (κ3) is 15.7. The number of hydrogen-bond acceptors (Lipinski definition) is 7. The topological polar surface area (TPSA) is 28.2 Å². The Labute approximate surface area is 718 Å². The average Bonchev–Trinajstić information content (AvgIpc) is 0.780. The molecule has 0 spiro atoms. The van der Waals surface area contributed by atoms with E-state index in [1.165, 1.54) is 87.7 Å². The molecule has 0 aromatic heterocycles. The molecule has 0 aliphatic carbocycles. The minimum absolute atomic E-state index is 0.0385. The quantitative estimate of drug-likeness (QED) is 0.101. The van der Waals surface area contributed by atoms with Crippen molar-refractivity contribution in [3.8, 4) is 89.8 Å². The maximum Gasteiger partial charge on any atom is 0.142 e. The average molecular weight is 1600 g/mol. The Morgan fingerprint density at radius 1 is 0.182 bits per heavy atom. The second-order valence-corrected chi connectivity index (χ2v) is 33.6. The molecule has 121 heavy (non-hydrogen) atoms. The van der Waals surface area contributed by atoms with Gasteiger partial charge >= 0.3 is 0 Å². The van der Waals surface area contributed by atoms with Gasteiger partial charge in [-0.1, -0.05) is 367 Å². The largest absolute Gasteiger partial charge is 0.456 e. The van der Waals surface area contributed by atoms with E-state index < -0.39 is 0 Å². The van der Waals surface area contributed by atoms with Crippen LogP contribution < -0.4 is 24.2 Å². The first-order valence-electron chi connectivity index (χ1n) is 41.3. The predicted octanol–water partition coefficient (Wildman–Crippen LogP) is 33.0. The number of anilines is 9. The number of fused-ring (bicyclic) bond motifs is 6.